The van der Waals surface area contributed by atoms with E-state index in [1.54, 1.807) is 6.26 Å². The Morgan fingerprint density at radius 3 is 2.73 bits per heavy atom. The first-order chi connectivity index (χ1) is 7.20. The molecule has 1 atom stereocenters. The first kappa shape index (κ1) is 12.3. The molecule has 0 bridgehead atoms. The Labute approximate surface area is 93.1 Å². The van der Waals surface area contributed by atoms with Crippen LogP contribution in [0.4, 0.5) is 0 Å². The fourth-order valence-electron chi connectivity index (χ4n) is 1.71. The van der Waals surface area contributed by atoms with Crippen LogP contribution < -0.4 is 5.32 Å². The van der Waals surface area contributed by atoms with Gasteiger partial charge < -0.3 is 9.73 Å². The summed E-state index contributed by atoms with van der Waals surface area (Å²) in [6, 6.07) is 4.03. The lowest BCUT2D eigenvalue weighted by molar-refractivity contribution is 0.270. The van der Waals surface area contributed by atoms with Crippen LogP contribution in [-0.2, 0) is 6.42 Å². The summed E-state index contributed by atoms with van der Waals surface area (Å²) in [6.45, 7) is 8.93. The molecule has 1 aromatic heterocycles. The smallest absolute Gasteiger partial charge is 0.104 e. The average molecular weight is 209 g/mol. The highest BCUT2D eigenvalue weighted by Crippen LogP contribution is 2.25. The van der Waals surface area contributed by atoms with Gasteiger partial charge >= 0.3 is 0 Å². The van der Waals surface area contributed by atoms with E-state index >= 15 is 0 Å². The van der Waals surface area contributed by atoms with Gasteiger partial charge in [0.05, 0.1) is 6.26 Å². The van der Waals surface area contributed by atoms with Crippen molar-refractivity contribution in [2.24, 2.45) is 5.41 Å². The summed E-state index contributed by atoms with van der Waals surface area (Å²) in [5.41, 5.74) is 0.313. The molecule has 0 radical (unpaired) electrons. The summed E-state index contributed by atoms with van der Waals surface area (Å²) in [5.74, 6) is 1.10. The van der Waals surface area contributed by atoms with Crippen molar-refractivity contribution < 1.29 is 4.42 Å². The second kappa shape index (κ2) is 5.96. The fraction of sp³-hybridized carbons (Fsp3) is 0.692. The minimum atomic E-state index is 0.313. The minimum absolute atomic E-state index is 0.313. The van der Waals surface area contributed by atoms with Crippen molar-refractivity contribution >= 4 is 0 Å². The summed E-state index contributed by atoms with van der Waals surface area (Å²) in [5, 5.41) is 3.50. The molecule has 0 aliphatic carbocycles. The van der Waals surface area contributed by atoms with E-state index < -0.39 is 0 Å². The Hall–Kier alpha value is -0.760. The zero-order valence-corrected chi connectivity index (χ0v) is 10.2. The summed E-state index contributed by atoms with van der Waals surface area (Å²) < 4.78 is 5.41. The third-order valence-electron chi connectivity index (χ3n) is 3.01. The van der Waals surface area contributed by atoms with Gasteiger partial charge in [-0.2, -0.15) is 0 Å². The molecule has 0 aromatic carbocycles. The van der Waals surface area contributed by atoms with E-state index in [1.165, 1.54) is 12.8 Å². The normalized spacial score (nSPS) is 15.1. The Morgan fingerprint density at radius 2 is 2.20 bits per heavy atom. The summed E-state index contributed by atoms with van der Waals surface area (Å²) in [4.78, 5) is 0. The van der Waals surface area contributed by atoms with Gasteiger partial charge in [0.1, 0.15) is 5.76 Å². The van der Waals surface area contributed by atoms with E-state index in [2.05, 4.69) is 32.2 Å². The molecule has 0 aliphatic rings. The molecule has 15 heavy (non-hydrogen) atoms. The fourth-order valence-corrected chi connectivity index (χ4v) is 1.71. The lowest BCUT2D eigenvalue weighted by Crippen LogP contribution is -2.33. The molecule has 1 unspecified atom stereocenters. The topological polar surface area (TPSA) is 25.2 Å². The molecular weight excluding hydrogens is 186 g/mol. The minimum Gasteiger partial charge on any atom is -0.469 e. The van der Waals surface area contributed by atoms with Crippen LogP contribution >= 0.6 is 0 Å². The Kier molecular flexibility index (Phi) is 4.89. The van der Waals surface area contributed by atoms with Crippen molar-refractivity contribution in [1.29, 1.82) is 0 Å². The Balaban J connectivity index is 2.44. The molecular formula is C13H23NO. The van der Waals surface area contributed by atoms with Crippen LogP contribution in [-0.4, -0.2) is 13.1 Å². The number of hydrogen-bond acceptors (Lipinski definition) is 2. The van der Waals surface area contributed by atoms with Crippen LogP contribution in [0.2, 0.25) is 0 Å². The average Bonchev–Trinajstić information content (AvgIpc) is 2.71. The van der Waals surface area contributed by atoms with Crippen LogP contribution in [0, 0.1) is 5.41 Å². The highest BCUT2D eigenvalue weighted by molar-refractivity contribution is 5.01. The first-order valence-corrected chi connectivity index (χ1v) is 5.93. The zero-order chi connectivity index (χ0) is 11.1. The van der Waals surface area contributed by atoms with Crippen LogP contribution in [0.5, 0.6) is 0 Å². The molecule has 2 heteroatoms. The van der Waals surface area contributed by atoms with Gasteiger partial charge in [-0.1, -0.05) is 20.8 Å². The molecule has 2 nitrogen and oxygen atoms in total. The molecule has 0 fully saturated rings. The molecule has 1 aromatic rings. The van der Waals surface area contributed by atoms with E-state index in [0.29, 0.717) is 5.41 Å². The largest absolute Gasteiger partial charge is 0.469 e. The molecule has 1 heterocycles. The van der Waals surface area contributed by atoms with E-state index in [-0.39, 0.29) is 0 Å². The maximum Gasteiger partial charge on any atom is 0.104 e. The van der Waals surface area contributed by atoms with E-state index in [0.717, 1.165) is 25.3 Å². The maximum atomic E-state index is 5.41. The summed E-state index contributed by atoms with van der Waals surface area (Å²) in [6.07, 6.45) is 5.14. The number of nitrogens with one attached hydrogen (secondary N) is 1. The quantitative estimate of drug-likeness (QED) is 0.697. The SMILES string of the molecule is CCCNCC(C)(CC)Cc1ccco1. The van der Waals surface area contributed by atoms with Crippen molar-refractivity contribution in [1.82, 2.24) is 5.32 Å². The lowest BCUT2D eigenvalue weighted by Gasteiger charge is -2.27. The van der Waals surface area contributed by atoms with Crippen molar-refractivity contribution in [3.63, 3.8) is 0 Å². The Bertz CT molecular complexity index is 256. The number of furan rings is 1. The molecule has 1 N–H and O–H groups in total. The first-order valence-electron chi connectivity index (χ1n) is 5.93. The third kappa shape index (κ3) is 4.08. The third-order valence-corrected chi connectivity index (χ3v) is 3.01. The molecule has 1 rings (SSSR count). The van der Waals surface area contributed by atoms with Crippen molar-refractivity contribution in [2.45, 2.75) is 40.0 Å². The van der Waals surface area contributed by atoms with E-state index in [1.807, 2.05) is 6.07 Å². The van der Waals surface area contributed by atoms with E-state index in [9.17, 15) is 0 Å². The van der Waals surface area contributed by atoms with Gasteiger partial charge in [-0.15, -0.1) is 0 Å². The van der Waals surface area contributed by atoms with Gasteiger partial charge in [-0.3, -0.25) is 0 Å². The van der Waals surface area contributed by atoms with Crippen LogP contribution in [0.15, 0.2) is 22.8 Å². The number of rotatable bonds is 7. The predicted molar refractivity (Wildman–Crippen MR) is 64.0 cm³/mol. The van der Waals surface area contributed by atoms with E-state index in [4.69, 9.17) is 4.42 Å². The van der Waals surface area contributed by atoms with Crippen LogP contribution in [0.1, 0.15) is 39.4 Å². The van der Waals surface area contributed by atoms with Crippen molar-refractivity contribution in [3.05, 3.63) is 24.2 Å². The molecule has 0 saturated heterocycles. The summed E-state index contributed by atoms with van der Waals surface area (Å²) >= 11 is 0. The maximum absolute atomic E-state index is 5.41. The molecule has 86 valence electrons. The predicted octanol–water partition coefficient (Wildman–Crippen LogP) is 3.24. The molecule has 0 aliphatic heterocycles. The highest BCUT2D eigenvalue weighted by atomic mass is 16.3. The van der Waals surface area contributed by atoms with Crippen LogP contribution in [0.25, 0.3) is 0 Å². The van der Waals surface area contributed by atoms with Crippen LogP contribution in [0.3, 0.4) is 0 Å². The second-order valence-corrected chi connectivity index (χ2v) is 4.60. The molecule has 0 spiro atoms. The van der Waals surface area contributed by atoms with Crippen molar-refractivity contribution in [3.8, 4) is 0 Å². The van der Waals surface area contributed by atoms with Crippen molar-refractivity contribution in [2.75, 3.05) is 13.1 Å². The number of hydrogen-bond donors (Lipinski definition) is 1. The highest BCUT2D eigenvalue weighted by Gasteiger charge is 2.23. The Morgan fingerprint density at radius 1 is 1.40 bits per heavy atom. The van der Waals surface area contributed by atoms with Gasteiger partial charge in [0, 0.05) is 13.0 Å². The van der Waals surface area contributed by atoms with Gasteiger partial charge in [0.15, 0.2) is 0 Å². The molecule has 0 saturated carbocycles. The summed E-state index contributed by atoms with van der Waals surface area (Å²) in [7, 11) is 0. The van der Waals surface area contributed by atoms with Gasteiger partial charge in [-0.05, 0) is 36.9 Å². The second-order valence-electron chi connectivity index (χ2n) is 4.60. The van der Waals surface area contributed by atoms with Gasteiger partial charge in [0.25, 0.3) is 0 Å². The van der Waals surface area contributed by atoms with Gasteiger partial charge in [-0.25, -0.2) is 0 Å². The zero-order valence-electron chi connectivity index (χ0n) is 10.2. The molecule has 0 amide bonds. The lowest BCUT2D eigenvalue weighted by atomic mass is 9.83. The monoisotopic (exact) mass is 209 g/mol. The van der Waals surface area contributed by atoms with Gasteiger partial charge in [0.2, 0.25) is 0 Å². The standard InChI is InChI=1S/C13H23NO/c1-4-8-14-11-13(3,5-2)10-12-7-6-9-15-12/h6-7,9,14H,4-5,8,10-11H2,1-3H3.